The third-order valence-electron chi connectivity index (χ3n) is 5.18. The van der Waals surface area contributed by atoms with Gasteiger partial charge in [0.1, 0.15) is 6.61 Å². The van der Waals surface area contributed by atoms with E-state index < -0.39 is 0 Å². The average molecular weight is 339 g/mol. The lowest BCUT2D eigenvalue weighted by Crippen LogP contribution is -2.46. The van der Waals surface area contributed by atoms with Gasteiger partial charge in [-0.05, 0) is 36.7 Å². The van der Waals surface area contributed by atoms with Crippen molar-refractivity contribution in [2.24, 2.45) is 5.41 Å². The van der Waals surface area contributed by atoms with Gasteiger partial charge in [0, 0.05) is 18.3 Å². The standard InChI is InChI=1S/C19H21N3O3/c20-22-9-6-15(23)17(25-12-13-4-2-1-3-5-13)16(22)18(24)21-14-10-19(11-14)7-8-19/h1-6,9,14H,7-8,10-12,20H2,(H,21,24). The van der Waals surface area contributed by atoms with Crippen molar-refractivity contribution in [1.82, 2.24) is 9.99 Å². The van der Waals surface area contributed by atoms with Gasteiger partial charge in [-0.1, -0.05) is 30.3 Å². The number of aromatic nitrogens is 1. The van der Waals surface area contributed by atoms with Crippen molar-refractivity contribution in [1.29, 1.82) is 0 Å². The molecule has 25 heavy (non-hydrogen) atoms. The molecule has 0 bridgehead atoms. The molecule has 6 nitrogen and oxygen atoms in total. The number of carbonyl (C=O) groups excluding carboxylic acids is 1. The number of rotatable bonds is 5. The van der Waals surface area contributed by atoms with Crippen LogP contribution in [0, 0.1) is 5.41 Å². The number of carbonyl (C=O) groups is 1. The molecule has 0 radical (unpaired) electrons. The zero-order valence-electron chi connectivity index (χ0n) is 13.9. The van der Waals surface area contributed by atoms with Crippen LogP contribution < -0.4 is 21.3 Å². The molecule has 6 heteroatoms. The van der Waals surface area contributed by atoms with Gasteiger partial charge in [-0.3, -0.25) is 14.3 Å². The highest BCUT2D eigenvalue weighted by atomic mass is 16.5. The summed E-state index contributed by atoms with van der Waals surface area (Å²) in [5.74, 6) is 5.53. The maximum atomic E-state index is 12.7. The Bertz CT molecular complexity index is 848. The summed E-state index contributed by atoms with van der Waals surface area (Å²) in [5.41, 5.74) is 1.12. The van der Waals surface area contributed by atoms with E-state index in [2.05, 4.69) is 5.32 Å². The monoisotopic (exact) mass is 339 g/mol. The van der Waals surface area contributed by atoms with Gasteiger partial charge >= 0.3 is 0 Å². The largest absolute Gasteiger partial charge is 0.482 e. The molecular formula is C19H21N3O3. The van der Waals surface area contributed by atoms with Crippen LogP contribution in [0.2, 0.25) is 0 Å². The van der Waals surface area contributed by atoms with E-state index in [0.29, 0.717) is 5.41 Å². The zero-order chi connectivity index (χ0) is 17.4. The summed E-state index contributed by atoms with van der Waals surface area (Å²) in [5, 5.41) is 2.98. The Kier molecular flexibility index (Phi) is 3.75. The van der Waals surface area contributed by atoms with Crippen molar-refractivity contribution in [2.45, 2.75) is 38.3 Å². The molecule has 1 aromatic carbocycles. The van der Waals surface area contributed by atoms with E-state index in [1.165, 1.54) is 25.1 Å². The average Bonchev–Trinajstić information content (AvgIpc) is 3.37. The minimum atomic E-state index is -0.358. The fraction of sp³-hybridized carbons (Fsp3) is 0.368. The van der Waals surface area contributed by atoms with E-state index in [0.717, 1.165) is 23.1 Å². The number of nitrogens with two attached hydrogens (primary N) is 1. The Morgan fingerprint density at radius 2 is 1.96 bits per heavy atom. The fourth-order valence-corrected chi connectivity index (χ4v) is 3.55. The van der Waals surface area contributed by atoms with Crippen molar-refractivity contribution in [3.05, 3.63) is 64.1 Å². The maximum Gasteiger partial charge on any atom is 0.274 e. The number of amides is 1. The number of nitrogens with zero attached hydrogens (tertiary/aromatic N) is 1. The van der Waals surface area contributed by atoms with Gasteiger partial charge in [0.2, 0.25) is 5.43 Å². The van der Waals surface area contributed by atoms with E-state index in [4.69, 9.17) is 10.6 Å². The van der Waals surface area contributed by atoms with E-state index in [-0.39, 0.29) is 35.4 Å². The number of pyridine rings is 1. The zero-order valence-corrected chi connectivity index (χ0v) is 13.9. The lowest BCUT2D eigenvalue weighted by molar-refractivity contribution is 0.0863. The molecule has 4 rings (SSSR count). The molecule has 2 aromatic rings. The molecule has 1 aromatic heterocycles. The summed E-state index contributed by atoms with van der Waals surface area (Å²) in [6, 6.07) is 10.9. The van der Waals surface area contributed by atoms with Crippen LogP contribution in [0.25, 0.3) is 0 Å². The van der Waals surface area contributed by atoms with Crippen LogP contribution in [0.4, 0.5) is 0 Å². The molecule has 1 spiro atoms. The van der Waals surface area contributed by atoms with Crippen LogP contribution in [0.3, 0.4) is 0 Å². The minimum absolute atomic E-state index is 0.00758. The molecule has 0 aliphatic heterocycles. The second-order valence-corrected chi connectivity index (χ2v) is 7.12. The van der Waals surface area contributed by atoms with E-state index in [9.17, 15) is 9.59 Å². The molecular weight excluding hydrogens is 318 g/mol. The Balaban J connectivity index is 1.52. The highest BCUT2D eigenvalue weighted by molar-refractivity contribution is 5.95. The van der Waals surface area contributed by atoms with E-state index >= 15 is 0 Å². The Hall–Kier alpha value is -2.76. The Morgan fingerprint density at radius 1 is 1.24 bits per heavy atom. The summed E-state index contributed by atoms with van der Waals surface area (Å²) in [7, 11) is 0. The van der Waals surface area contributed by atoms with Crippen LogP contribution >= 0.6 is 0 Å². The lowest BCUT2D eigenvalue weighted by Gasteiger charge is -2.36. The van der Waals surface area contributed by atoms with Crippen molar-refractivity contribution in [3.8, 4) is 5.75 Å². The molecule has 0 unspecified atom stereocenters. The van der Waals surface area contributed by atoms with Gasteiger partial charge < -0.3 is 15.9 Å². The lowest BCUT2D eigenvalue weighted by atomic mass is 9.77. The highest BCUT2D eigenvalue weighted by Crippen LogP contribution is 2.60. The molecule has 1 amide bonds. The van der Waals surface area contributed by atoms with Gasteiger partial charge in [0.15, 0.2) is 11.4 Å². The van der Waals surface area contributed by atoms with Crippen LogP contribution in [0.15, 0.2) is 47.4 Å². The fourth-order valence-electron chi connectivity index (χ4n) is 3.55. The van der Waals surface area contributed by atoms with Gasteiger partial charge in [-0.2, -0.15) is 0 Å². The third kappa shape index (κ3) is 3.12. The summed E-state index contributed by atoms with van der Waals surface area (Å²) >= 11 is 0. The van der Waals surface area contributed by atoms with Crippen LogP contribution in [-0.2, 0) is 6.61 Å². The first-order valence-electron chi connectivity index (χ1n) is 8.55. The SMILES string of the molecule is Nn1ccc(=O)c(OCc2ccccc2)c1C(=O)NC1CC2(CC2)C1. The van der Waals surface area contributed by atoms with Crippen molar-refractivity contribution >= 4 is 5.91 Å². The van der Waals surface area contributed by atoms with E-state index in [1.54, 1.807) is 0 Å². The predicted molar refractivity (Wildman–Crippen MR) is 93.8 cm³/mol. The third-order valence-corrected chi connectivity index (χ3v) is 5.18. The normalized spacial score (nSPS) is 17.8. The number of nitrogen functional groups attached to an aromatic ring is 1. The van der Waals surface area contributed by atoms with Crippen LogP contribution in [0.5, 0.6) is 5.75 Å². The van der Waals surface area contributed by atoms with E-state index in [1.807, 2.05) is 30.3 Å². The molecule has 1 heterocycles. The van der Waals surface area contributed by atoms with Gasteiger partial charge in [0.25, 0.3) is 5.91 Å². The topological polar surface area (TPSA) is 86.3 Å². The smallest absolute Gasteiger partial charge is 0.274 e. The molecule has 2 aliphatic rings. The number of nitrogens with one attached hydrogen (secondary N) is 1. The highest BCUT2D eigenvalue weighted by Gasteiger charge is 2.53. The Labute approximate surface area is 145 Å². The molecule has 2 aliphatic carbocycles. The number of hydrogen-bond acceptors (Lipinski definition) is 4. The molecule has 3 N–H and O–H groups in total. The Morgan fingerprint density at radius 3 is 2.64 bits per heavy atom. The van der Waals surface area contributed by atoms with Crippen molar-refractivity contribution in [3.63, 3.8) is 0 Å². The van der Waals surface area contributed by atoms with Gasteiger partial charge in [-0.15, -0.1) is 0 Å². The van der Waals surface area contributed by atoms with Crippen LogP contribution in [0.1, 0.15) is 41.7 Å². The first-order valence-corrected chi connectivity index (χ1v) is 8.55. The van der Waals surface area contributed by atoms with Crippen molar-refractivity contribution in [2.75, 3.05) is 5.84 Å². The summed E-state index contributed by atoms with van der Waals surface area (Å²) in [6.07, 6.45) is 5.94. The second kappa shape index (κ2) is 5.95. The number of ether oxygens (including phenoxy) is 1. The molecule has 0 saturated heterocycles. The summed E-state index contributed by atoms with van der Waals surface area (Å²) in [4.78, 5) is 24.9. The second-order valence-electron chi connectivity index (χ2n) is 7.12. The van der Waals surface area contributed by atoms with Crippen LogP contribution in [-0.4, -0.2) is 16.6 Å². The molecule has 0 atom stereocenters. The first kappa shape index (κ1) is 15.7. The minimum Gasteiger partial charge on any atom is -0.482 e. The maximum absolute atomic E-state index is 12.7. The quantitative estimate of drug-likeness (QED) is 0.814. The summed E-state index contributed by atoms with van der Waals surface area (Å²) in [6.45, 7) is 0.201. The predicted octanol–water partition coefficient (Wildman–Crippen LogP) is 1.81. The van der Waals surface area contributed by atoms with Gasteiger partial charge in [0.05, 0.1) is 0 Å². The molecule has 130 valence electrons. The molecule has 2 fully saturated rings. The molecule has 2 saturated carbocycles. The number of benzene rings is 1. The van der Waals surface area contributed by atoms with Gasteiger partial charge in [-0.25, -0.2) is 0 Å². The van der Waals surface area contributed by atoms with Crippen molar-refractivity contribution < 1.29 is 9.53 Å². The summed E-state index contributed by atoms with van der Waals surface area (Å²) < 4.78 is 6.82. The first-order chi connectivity index (χ1) is 12.1. The number of hydrogen-bond donors (Lipinski definition) is 2.